The van der Waals surface area contributed by atoms with E-state index in [0.29, 0.717) is 58.8 Å². The number of ether oxygens (including phenoxy) is 3. The molecule has 1 unspecified atom stereocenters. The molecule has 2 amide bonds. The van der Waals surface area contributed by atoms with Crippen LogP contribution in [0.2, 0.25) is 0 Å². The zero-order valence-corrected chi connectivity index (χ0v) is 19.9. The SMILES string of the molecule is O=C(CN1CCOC2(C/C=C/Cc3ccccc3OCCNC2=O)C1)NCCOc1ccccc1. The number of nitrogens with one attached hydrogen (secondary N) is 2. The summed E-state index contributed by atoms with van der Waals surface area (Å²) in [4.78, 5) is 27.7. The monoisotopic (exact) mass is 479 g/mol. The van der Waals surface area contributed by atoms with Gasteiger partial charge in [-0.2, -0.15) is 0 Å². The summed E-state index contributed by atoms with van der Waals surface area (Å²) in [5.41, 5.74) is 0.0632. The van der Waals surface area contributed by atoms with E-state index >= 15 is 0 Å². The van der Waals surface area contributed by atoms with Crippen LogP contribution in [0.5, 0.6) is 11.5 Å². The zero-order chi connectivity index (χ0) is 24.3. The van der Waals surface area contributed by atoms with E-state index in [9.17, 15) is 9.59 Å². The number of carbonyl (C=O) groups excluding carboxylic acids is 2. The molecule has 2 N–H and O–H groups in total. The van der Waals surface area contributed by atoms with Crippen LogP contribution in [-0.4, -0.2) is 74.9 Å². The summed E-state index contributed by atoms with van der Waals surface area (Å²) in [5, 5.41) is 5.85. The third kappa shape index (κ3) is 7.07. The van der Waals surface area contributed by atoms with Gasteiger partial charge in [0.05, 0.1) is 26.2 Å². The molecule has 8 nitrogen and oxygen atoms in total. The minimum absolute atomic E-state index is 0.104. The molecule has 2 aliphatic rings. The smallest absolute Gasteiger partial charge is 0.254 e. The van der Waals surface area contributed by atoms with Crippen molar-refractivity contribution in [3.63, 3.8) is 0 Å². The molecule has 1 spiro atoms. The van der Waals surface area contributed by atoms with Crippen molar-refractivity contribution in [2.45, 2.75) is 18.4 Å². The molecule has 186 valence electrons. The minimum atomic E-state index is -1.04. The third-order valence-corrected chi connectivity index (χ3v) is 6.05. The summed E-state index contributed by atoms with van der Waals surface area (Å²) in [6.45, 7) is 3.06. The Kier molecular flexibility index (Phi) is 8.75. The number of hydrogen-bond donors (Lipinski definition) is 2. The maximum absolute atomic E-state index is 13.2. The van der Waals surface area contributed by atoms with Crippen molar-refractivity contribution in [1.29, 1.82) is 0 Å². The molecule has 1 saturated heterocycles. The fourth-order valence-electron chi connectivity index (χ4n) is 4.26. The van der Waals surface area contributed by atoms with E-state index in [1.54, 1.807) is 0 Å². The summed E-state index contributed by atoms with van der Waals surface area (Å²) in [6.07, 6.45) is 5.18. The average molecular weight is 480 g/mol. The van der Waals surface area contributed by atoms with Crippen LogP contribution in [0, 0.1) is 0 Å². The van der Waals surface area contributed by atoms with Crippen molar-refractivity contribution in [3.05, 3.63) is 72.3 Å². The first-order chi connectivity index (χ1) is 17.1. The van der Waals surface area contributed by atoms with E-state index < -0.39 is 5.60 Å². The zero-order valence-electron chi connectivity index (χ0n) is 19.9. The second-order valence-electron chi connectivity index (χ2n) is 8.66. The largest absolute Gasteiger partial charge is 0.492 e. The Balaban J connectivity index is 1.31. The van der Waals surface area contributed by atoms with Crippen LogP contribution in [0.3, 0.4) is 0 Å². The Labute approximate surface area is 206 Å². The fourth-order valence-corrected chi connectivity index (χ4v) is 4.26. The van der Waals surface area contributed by atoms with Crippen molar-refractivity contribution in [2.75, 3.05) is 52.5 Å². The van der Waals surface area contributed by atoms with E-state index in [1.165, 1.54) is 0 Å². The van der Waals surface area contributed by atoms with Crippen molar-refractivity contribution < 1.29 is 23.8 Å². The Morgan fingerprint density at radius 2 is 1.91 bits per heavy atom. The molecule has 4 rings (SSSR count). The van der Waals surface area contributed by atoms with Crippen molar-refractivity contribution >= 4 is 11.8 Å². The first kappa shape index (κ1) is 24.8. The van der Waals surface area contributed by atoms with Gasteiger partial charge in [-0.15, -0.1) is 0 Å². The number of carbonyl (C=O) groups is 2. The van der Waals surface area contributed by atoms with Gasteiger partial charge in [0.25, 0.3) is 5.91 Å². The molecule has 0 radical (unpaired) electrons. The van der Waals surface area contributed by atoms with Gasteiger partial charge in [-0.25, -0.2) is 0 Å². The molecule has 2 aromatic rings. The number of allylic oxidation sites excluding steroid dienone is 1. The molecule has 35 heavy (non-hydrogen) atoms. The average Bonchev–Trinajstić information content (AvgIpc) is 2.88. The molecule has 0 bridgehead atoms. The number of rotatable bonds is 6. The summed E-state index contributed by atoms with van der Waals surface area (Å²) in [5.74, 6) is 1.32. The number of benzene rings is 2. The maximum Gasteiger partial charge on any atom is 0.254 e. The van der Waals surface area contributed by atoms with Gasteiger partial charge in [-0.1, -0.05) is 48.6 Å². The van der Waals surface area contributed by atoms with Gasteiger partial charge in [0.15, 0.2) is 5.60 Å². The van der Waals surface area contributed by atoms with Gasteiger partial charge in [0.2, 0.25) is 5.91 Å². The van der Waals surface area contributed by atoms with E-state index in [4.69, 9.17) is 14.2 Å². The molecular weight excluding hydrogens is 446 g/mol. The summed E-state index contributed by atoms with van der Waals surface area (Å²) in [7, 11) is 0. The Bertz CT molecular complexity index is 1010. The predicted molar refractivity (Wildman–Crippen MR) is 132 cm³/mol. The maximum atomic E-state index is 13.2. The van der Waals surface area contributed by atoms with Crippen molar-refractivity contribution in [3.8, 4) is 11.5 Å². The molecule has 2 aromatic carbocycles. The Morgan fingerprint density at radius 3 is 2.80 bits per heavy atom. The number of hydrogen-bond acceptors (Lipinski definition) is 6. The summed E-state index contributed by atoms with van der Waals surface area (Å²) in [6, 6.07) is 17.4. The highest BCUT2D eigenvalue weighted by Crippen LogP contribution is 2.25. The molecule has 2 aliphatic heterocycles. The van der Waals surface area contributed by atoms with Gasteiger partial charge in [0.1, 0.15) is 24.7 Å². The summed E-state index contributed by atoms with van der Waals surface area (Å²) < 4.78 is 17.5. The second-order valence-corrected chi connectivity index (χ2v) is 8.66. The van der Waals surface area contributed by atoms with Crippen molar-refractivity contribution in [1.82, 2.24) is 15.5 Å². The van der Waals surface area contributed by atoms with Crippen LogP contribution in [-0.2, 0) is 20.7 Å². The Morgan fingerprint density at radius 1 is 1.09 bits per heavy atom. The lowest BCUT2D eigenvalue weighted by atomic mass is 9.94. The Hall–Kier alpha value is -3.36. The number of para-hydroxylation sites is 2. The predicted octanol–water partition coefficient (Wildman–Crippen LogP) is 1.95. The van der Waals surface area contributed by atoms with Gasteiger partial charge < -0.3 is 24.8 Å². The first-order valence-corrected chi connectivity index (χ1v) is 12.1. The van der Waals surface area contributed by atoms with E-state index in [1.807, 2.05) is 71.6 Å². The molecule has 1 atom stereocenters. The van der Waals surface area contributed by atoms with Crippen LogP contribution in [0.25, 0.3) is 0 Å². The van der Waals surface area contributed by atoms with E-state index in [2.05, 4.69) is 10.6 Å². The molecule has 2 heterocycles. The highest BCUT2D eigenvalue weighted by molar-refractivity contribution is 5.86. The minimum Gasteiger partial charge on any atom is -0.492 e. The second kappa shape index (κ2) is 12.4. The quantitative estimate of drug-likeness (QED) is 0.486. The van der Waals surface area contributed by atoms with Gasteiger partial charge in [-0.05, 0) is 30.2 Å². The molecular formula is C27H33N3O5. The van der Waals surface area contributed by atoms with Gasteiger partial charge in [0, 0.05) is 19.5 Å². The van der Waals surface area contributed by atoms with Crippen LogP contribution < -0.4 is 20.1 Å². The molecule has 8 heteroatoms. The lowest BCUT2D eigenvalue weighted by Gasteiger charge is -2.41. The van der Waals surface area contributed by atoms with Gasteiger partial charge >= 0.3 is 0 Å². The molecule has 0 aromatic heterocycles. The standard InChI is InChI=1S/C27H33N3O5/c31-25(28-14-17-33-23-10-2-1-3-11-23)20-30-16-19-35-27(21-30)13-7-6-9-22-8-4-5-12-24(22)34-18-15-29-26(27)32/h1-8,10-12H,9,13-21H2,(H,28,31)(H,29,32)/b7-6+. The normalized spacial score (nSPS) is 22.0. The fraction of sp³-hybridized carbons (Fsp3) is 0.407. The van der Waals surface area contributed by atoms with Crippen LogP contribution in [0.4, 0.5) is 0 Å². The lowest BCUT2D eigenvalue weighted by molar-refractivity contribution is -0.161. The number of amides is 2. The highest BCUT2D eigenvalue weighted by Gasteiger charge is 2.43. The summed E-state index contributed by atoms with van der Waals surface area (Å²) >= 11 is 0. The van der Waals surface area contributed by atoms with Crippen LogP contribution in [0.15, 0.2) is 66.7 Å². The van der Waals surface area contributed by atoms with E-state index in [0.717, 1.165) is 17.1 Å². The third-order valence-electron chi connectivity index (χ3n) is 6.05. The number of nitrogens with zero attached hydrogens (tertiary/aromatic N) is 1. The highest BCUT2D eigenvalue weighted by atomic mass is 16.5. The molecule has 0 saturated carbocycles. The molecule has 0 aliphatic carbocycles. The van der Waals surface area contributed by atoms with Crippen LogP contribution in [0.1, 0.15) is 12.0 Å². The lowest BCUT2D eigenvalue weighted by Crippen LogP contribution is -2.61. The topological polar surface area (TPSA) is 89.1 Å². The van der Waals surface area contributed by atoms with Gasteiger partial charge in [-0.3, -0.25) is 14.5 Å². The van der Waals surface area contributed by atoms with Crippen LogP contribution >= 0.6 is 0 Å². The number of morpholine rings is 1. The molecule has 1 fully saturated rings. The van der Waals surface area contributed by atoms with Crippen molar-refractivity contribution in [2.24, 2.45) is 0 Å². The number of fused-ring (bicyclic) bond motifs is 1. The van der Waals surface area contributed by atoms with E-state index in [-0.39, 0.29) is 18.4 Å². The first-order valence-electron chi connectivity index (χ1n) is 12.1.